The Morgan fingerprint density at radius 3 is 2.48 bits per heavy atom. The van der Waals surface area contributed by atoms with E-state index in [-0.39, 0.29) is 12.6 Å². The summed E-state index contributed by atoms with van der Waals surface area (Å²) in [5, 5.41) is 12.6. The quantitative estimate of drug-likeness (QED) is 0.863. The molecule has 0 aliphatic rings. The van der Waals surface area contributed by atoms with Gasteiger partial charge in [0.25, 0.3) is 0 Å². The molecule has 0 amide bonds. The van der Waals surface area contributed by atoms with Crippen LogP contribution in [0.1, 0.15) is 29.7 Å². The first-order chi connectivity index (χ1) is 10.1. The van der Waals surface area contributed by atoms with Crippen molar-refractivity contribution in [2.75, 3.05) is 6.26 Å². The van der Waals surface area contributed by atoms with E-state index in [0.29, 0.717) is 0 Å². The third-order valence-corrected chi connectivity index (χ3v) is 4.44. The molecule has 0 bridgehead atoms. The molecular formula is C17H21NO2S. The van der Waals surface area contributed by atoms with Crippen LogP contribution < -0.4 is 5.32 Å². The van der Waals surface area contributed by atoms with Crippen molar-refractivity contribution in [2.24, 2.45) is 0 Å². The van der Waals surface area contributed by atoms with Gasteiger partial charge < -0.3 is 10.4 Å². The van der Waals surface area contributed by atoms with E-state index in [1.54, 1.807) is 6.26 Å². The average Bonchev–Trinajstić information content (AvgIpc) is 2.53. The minimum atomic E-state index is -0.927. The largest absolute Gasteiger partial charge is 0.392 e. The van der Waals surface area contributed by atoms with Crippen molar-refractivity contribution < 1.29 is 9.32 Å². The molecule has 2 N–H and O–H groups in total. The highest BCUT2D eigenvalue weighted by atomic mass is 32.2. The van der Waals surface area contributed by atoms with Gasteiger partial charge in [-0.1, -0.05) is 36.4 Å². The molecule has 4 heteroatoms. The molecule has 0 fully saturated rings. The van der Waals surface area contributed by atoms with Crippen LogP contribution in [0.3, 0.4) is 0 Å². The third-order valence-electron chi connectivity index (χ3n) is 3.50. The SMILES string of the molecule is CC(NCc1ccc(S(C)=O)cc1)c1cccc(CO)c1. The summed E-state index contributed by atoms with van der Waals surface area (Å²) in [6.07, 6.45) is 1.68. The van der Waals surface area contributed by atoms with Gasteiger partial charge in [0.2, 0.25) is 0 Å². The van der Waals surface area contributed by atoms with E-state index in [4.69, 9.17) is 0 Å². The Bertz CT molecular complexity index is 610. The fourth-order valence-corrected chi connectivity index (χ4v) is 2.67. The van der Waals surface area contributed by atoms with Crippen LogP contribution in [-0.2, 0) is 24.0 Å². The smallest absolute Gasteiger partial charge is 0.0681 e. The standard InChI is InChI=1S/C17H21NO2S/c1-13(16-5-3-4-15(10-16)12-19)18-11-14-6-8-17(9-7-14)21(2)20/h3-10,13,18-19H,11-12H2,1-2H3. The molecule has 0 aromatic heterocycles. The first-order valence-electron chi connectivity index (χ1n) is 6.95. The molecule has 112 valence electrons. The van der Waals surface area contributed by atoms with Crippen LogP contribution in [0.5, 0.6) is 0 Å². The van der Waals surface area contributed by atoms with Crippen LogP contribution in [0.2, 0.25) is 0 Å². The van der Waals surface area contributed by atoms with Crippen molar-refractivity contribution in [1.82, 2.24) is 5.32 Å². The highest BCUT2D eigenvalue weighted by Crippen LogP contribution is 2.15. The number of benzene rings is 2. The number of hydrogen-bond acceptors (Lipinski definition) is 3. The van der Waals surface area contributed by atoms with Crippen molar-refractivity contribution in [3.63, 3.8) is 0 Å². The summed E-state index contributed by atoms with van der Waals surface area (Å²) in [5.74, 6) is 0. The van der Waals surface area contributed by atoms with Crippen molar-refractivity contribution >= 4 is 10.8 Å². The van der Waals surface area contributed by atoms with Gasteiger partial charge in [-0.15, -0.1) is 0 Å². The van der Waals surface area contributed by atoms with E-state index < -0.39 is 10.8 Å². The van der Waals surface area contributed by atoms with Gasteiger partial charge in [0.1, 0.15) is 0 Å². The van der Waals surface area contributed by atoms with Crippen LogP contribution in [-0.4, -0.2) is 15.6 Å². The summed E-state index contributed by atoms with van der Waals surface area (Å²) in [5.41, 5.74) is 3.25. The molecule has 0 spiro atoms. The lowest BCUT2D eigenvalue weighted by Crippen LogP contribution is -2.18. The van der Waals surface area contributed by atoms with Gasteiger partial charge in [0.15, 0.2) is 0 Å². The lowest BCUT2D eigenvalue weighted by atomic mass is 10.1. The van der Waals surface area contributed by atoms with Gasteiger partial charge in [0, 0.05) is 34.5 Å². The van der Waals surface area contributed by atoms with E-state index in [2.05, 4.69) is 18.3 Å². The topological polar surface area (TPSA) is 49.3 Å². The van der Waals surface area contributed by atoms with Crippen LogP contribution in [0, 0.1) is 0 Å². The summed E-state index contributed by atoms with van der Waals surface area (Å²) in [6.45, 7) is 2.92. The Labute approximate surface area is 128 Å². The molecule has 2 aromatic carbocycles. The van der Waals surface area contributed by atoms with Gasteiger partial charge >= 0.3 is 0 Å². The lowest BCUT2D eigenvalue weighted by Gasteiger charge is -2.15. The maximum Gasteiger partial charge on any atom is 0.0681 e. The van der Waals surface area contributed by atoms with Gasteiger partial charge in [0.05, 0.1) is 6.61 Å². The molecule has 3 nitrogen and oxygen atoms in total. The second-order valence-corrected chi connectivity index (χ2v) is 6.48. The van der Waals surface area contributed by atoms with Gasteiger partial charge in [-0.2, -0.15) is 0 Å². The molecule has 2 atom stereocenters. The summed E-state index contributed by atoms with van der Waals surface area (Å²) in [6, 6.07) is 16.0. The van der Waals surface area contributed by atoms with Crippen molar-refractivity contribution in [1.29, 1.82) is 0 Å². The van der Waals surface area contributed by atoms with E-state index >= 15 is 0 Å². The molecule has 0 saturated heterocycles. The molecule has 0 aliphatic heterocycles. The van der Waals surface area contributed by atoms with Crippen molar-refractivity contribution in [3.05, 3.63) is 65.2 Å². The lowest BCUT2D eigenvalue weighted by molar-refractivity contribution is 0.281. The molecule has 2 aromatic rings. The maximum absolute atomic E-state index is 11.3. The fourth-order valence-electron chi connectivity index (χ4n) is 2.15. The number of aliphatic hydroxyl groups excluding tert-OH is 1. The Hall–Kier alpha value is -1.49. The van der Waals surface area contributed by atoms with Crippen LogP contribution in [0.15, 0.2) is 53.4 Å². The molecule has 2 unspecified atom stereocenters. The Kier molecular flexibility index (Phi) is 5.67. The van der Waals surface area contributed by atoms with Crippen LogP contribution in [0.25, 0.3) is 0 Å². The Balaban J connectivity index is 1.96. The highest BCUT2D eigenvalue weighted by Gasteiger charge is 2.06. The van der Waals surface area contributed by atoms with E-state index in [0.717, 1.165) is 28.1 Å². The van der Waals surface area contributed by atoms with E-state index in [9.17, 15) is 9.32 Å². The predicted molar refractivity (Wildman–Crippen MR) is 86.4 cm³/mol. The zero-order valence-corrected chi connectivity index (χ0v) is 13.2. The van der Waals surface area contributed by atoms with Crippen LogP contribution >= 0.6 is 0 Å². The van der Waals surface area contributed by atoms with Gasteiger partial charge in [-0.05, 0) is 35.7 Å². The summed E-state index contributed by atoms with van der Waals surface area (Å²) in [7, 11) is -0.927. The number of rotatable bonds is 6. The van der Waals surface area contributed by atoms with Gasteiger partial charge in [-0.3, -0.25) is 4.21 Å². The molecule has 21 heavy (non-hydrogen) atoms. The number of aliphatic hydroxyl groups is 1. The Morgan fingerprint density at radius 2 is 1.86 bits per heavy atom. The minimum absolute atomic E-state index is 0.0657. The van der Waals surface area contributed by atoms with E-state index in [1.807, 2.05) is 42.5 Å². The van der Waals surface area contributed by atoms with Crippen LogP contribution in [0.4, 0.5) is 0 Å². The molecule has 0 heterocycles. The highest BCUT2D eigenvalue weighted by molar-refractivity contribution is 7.84. The molecule has 0 saturated carbocycles. The van der Waals surface area contributed by atoms with Crippen molar-refractivity contribution in [3.8, 4) is 0 Å². The summed E-state index contributed by atoms with van der Waals surface area (Å²) < 4.78 is 11.3. The summed E-state index contributed by atoms with van der Waals surface area (Å²) in [4.78, 5) is 0.849. The third kappa shape index (κ3) is 4.49. The zero-order valence-electron chi connectivity index (χ0n) is 12.4. The van der Waals surface area contributed by atoms with Gasteiger partial charge in [-0.25, -0.2) is 0 Å². The van der Waals surface area contributed by atoms with Crippen molar-refractivity contribution in [2.45, 2.75) is 31.0 Å². The molecule has 0 aliphatic carbocycles. The predicted octanol–water partition coefficient (Wildman–Crippen LogP) is 2.77. The second-order valence-electron chi connectivity index (χ2n) is 5.10. The minimum Gasteiger partial charge on any atom is -0.392 e. The first-order valence-corrected chi connectivity index (χ1v) is 8.51. The first kappa shape index (κ1) is 15.9. The maximum atomic E-state index is 11.3. The summed E-state index contributed by atoms with van der Waals surface area (Å²) >= 11 is 0. The normalized spacial score (nSPS) is 13.9. The average molecular weight is 303 g/mol. The van der Waals surface area contributed by atoms with E-state index in [1.165, 1.54) is 0 Å². The number of nitrogens with one attached hydrogen (secondary N) is 1. The zero-order chi connectivity index (χ0) is 15.2. The molecule has 0 radical (unpaired) electrons. The fraction of sp³-hybridized carbons (Fsp3) is 0.294. The Morgan fingerprint density at radius 1 is 1.14 bits per heavy atom. The molecular weight excluding hydrogens is 282 g/mol. The number of hydrogen-bond donors (Lipinski definition) is 2. The molecule has 2 rings (SSSR count). The second kappa shape index (κ2) is 7.50. The monoisotopic (exact) mass is 303 g/mol.